The zero-order valence-electron chi connectivity index (χ0n) is 21.9. The van der Waals surface area contributed by atoms with E-state index >= 15 is 0 Å². The molecule has 2 bridgehead atoms. The quantitative estimate of drug-likeness (QED) is 0.429. The van der Waals surface area contributed by atoms with Crippen molar-refractivity contribution in [2.45, 2.75) is 114 Å². The number of carbonyl (C=O) groups is 2. The molecule has 0 aromatic heterocycles. The summed E-state index contributed by atoms with van der Waals surface area (Å²) < 4.78 is 23.9. The monoisotopic (exact) mass is 530 g/mol. The second-order valence-corrected chi connectivity index (χ2v) is 11.2. The van der Waals surface area contributed by atoms with Crippen molar-refractivity contribution in [1.82, 2.24) is 0 Å². The second-order valence-electron chi connectivity index (χ2n) is 11.2. The number of phenolic OH excluding ortho intramolecular Hbond substituents is 2. The molecule has 10 nitrogen and oxygen atoms in total. The number of aliphatic hydroxyl groups excluding tert-OH is 1. The number of benzene rings is 1. The maximum absolute atomic E-state index is 14.1. The van der Waals surface area contributed by atoms with Gasteiger partial charge in [0.25, 0.3) is 0 Å². The molecular formula is C28H34O10. The number of carbonyl (C=O) groups excluding carboxylic acids is 2. The molecule has 2 aliphatic carbocycles. The maximum atomic E-state index is 14.1. The number of ketones is 2. The van der Waals surface area contributed by atoms with Gasteiger partial charge in [0.1, 0.15) is 17.1 Å². The van der Waals surface area contributed by atoms with Crippen LogP contribution in [0.1, 0.15) is 91.3 Å². The van der Waals surface area contributed by atoms with Gasteiger partial charge >= 0.3 is 0 Å². The zero-order chi connectivity index (χ0) is 27.3. The summed E-state index contributed by atoms with van der Waals surface area (Å²) in [6.07, 6.45) is -3.34. The highest BCUT2D eigenvalue weighted by Crippen LogP contribution is 2.55. The summed E-state index contributed by atoms with van der Waals surface area (Å²) in [5.41, 5.74) is -2.06. The summed E-state index contributed by atoms with van der Waals surface area (Å²) in [5.74, 6) is -2.12. The van der Waals surface area contributed by atoms with Crippen LogP contribution in [0.4, 0.5) is 0 Å². The van der Waals surface area contributed by atoms with E-state index in [1.54, 1.807) is 20.8 Å². The summed E-state index contributed by atoms with van der Waals surface area (Å²) in [5, 5.41) is 44.7. The van der Waals surface area contributed by atoms with E-state index in [1.165, 1.54) is 0 Å². The van der Waals surface area contributed by atoms with Gasteiger partial charge in [0.05, 0.1) is 53.9 Å². The lowest BCUT2D eigenvalue weighted by Gasteiger charge is -2.54. The number of hydrogen-bond acceptors (Lipinski definition) is 10. The summed E-state index contributed by atoms with van der Waals surface area (Å²) in [6, 6.07) is 0. The molecule has 4 unspecified atom stereocenters. The molecule has 4 N–H and O–H groups in total. The fourth-order valence-corrected chi connectivity index (χ4v) is 6.93. The van der Waals surface area contributed by atoms with Gasteiger partial charge < -0.3 is 39.4 Å². The van der Waals surface area contributed by atoms with Gasteiger partial charge in [-0.15, -0.1) is 0 Å². The molecule has 4 heterocycles. The molecule has 206 valence electrons. The molecule has 2 saturated heterocycles. The van der Waals surface area contributed by atoms with Gasteiger partial charge in [-0.3, -0.25) is 9.59 Å². The first-order valence-corrected chi connectivity index (χ1v) is 13.5. The molecule has 0 spiro atoms. The Morgan fingerprint density at radius 3 is 2.39 bits per heavy atom. The molecule has 6 aliphatic rings. The molecule has 7 rings (SSSR count). The number of aromatic hydroxyl groups is 2. The van der Waals surface area contributed by atoms with Crippen molar-refractivity contribution < 1.29 is 49.0 Å². The minimum Gasteiger partial charge on any atom is -0.507 e. The summed E-state index contributed by atoms with van der Waals surface area (Å²) in [4.78, 5) is 28.0. The van der Waals surface area contributed by atoms with Crippen LogP contribution in [0.2, 0.25) is 0 Å². The van der Waals surface area contributed by atoms with Gasteiger partial charge in [0, 0.05) is 41.5 Å². The maximum Gasteiger partial charge on any atom is 0.197 e. The number of aliphatic hydroxyl groups is 2. The standard InChI is InChI=1S/C28H34O10/c1-5-13-8-14-19(11(3)35-13)25(31)22-21(24(14)30)26(32)20-16-9-17(38-18-7-6-15(29)10(2)36-18)28(34,12(4)37-16)23(20)27(22)33/h10-13,15-18,29-31,34H,5-9H2,1-4H3/t10-,11-,12?,13-,15-,16?,17?,18-,28?/m0/s1. The van der Waals surface area contributed by atoms with Crippen molar-refractivity contribution >= 4 is 11.6 Å². The van der Waals surface area contributed by atoms with E-state index in [-0.39, 0.29) is 46.1 Å². The summed E-state index contributed by atoms with van der Waals surface area (Å²) in [7, 11) is 0. The average molecular weight is 531 g/mol. The topological polar surface area (TPSA) is 152 Å². The Morgan fingerprint density at radius 2 is 1.71 bits per heavy atom. The Morgan fingerprint density at radius 1 is 1.00 bits per heavy atom. The van der Waals surface area contributed by atoms with Crippen LogP contribution in [-0.4, -0.2) is 80.5 Å². The molecule has 4 aliphatic heterocycles. The number of Topliss-reactive ketones (excluding diaryl/α,β-unsaturated/α-hetero) is 2. The molecule has 0 amide bonds. The molecule has 1 aromatic carbocycles. The third-order valence-corrected chi connectivity index (χ3v) is 9.03. The molecule has 1 aromatic rings. The Bertz CT molecular complexity index is 1250. The Balaban J connectivity index is 1.45. The smallest absolute Gasteiger partial charge is 0.197 e. The number of ether oxygens (including phenoxy) is 4. The van der Waals surface area contributed by atoms with Gasteiger partial charge in [-0.25, -0.2) is 0 Å². The highest BCUT2D eigenvalue weighted by molar-refractivity contribution is 6.30. The minimum absolute atomic E-state index is 0.00176. The Labute approximate surface area is 220 Å². The molecule has 2 fully saturated rings. The molecule has 9 atom stereocenters. The molecule has 10 heteroatoms. The van der Waals surface area contributed by atoms with Gasteiger partial charge in [0.15, 0.2) is 17.9 Å². The van der Waals surface area contributed by atoms with E-state index < -0.39 is 65.8 Å². The van der Waals surface area contributed by atoms with Crippen LogP contribution in [0.25, 0.3) is 0 Å². The lowest BCUT2D eigenvalue weighted by atomic mass is 9.63. The van der Waals surface area contributed by atoms with Crippen molar-refractivity contribution in [3.05, 3.63) is 33.4 Å². The van der Waals surface area contributed by atoms with Gasteiger partial charge in [-0.1, -0.05) is 6.92 Å². The van der Waals surface area contributed by atoms with Crippen molar-refractivity contribution in [2.24, 2.45) is 0 Å². The highest BCUT2D eigenvalue weighted by Gasteiger charge is 2.63. The van der Waals surface area contributed by atoms with Crippen LogP contribution in [-0.2, 0) is 25.4 Å². The number of phenols is 2. The largest absolute Gasteiger partial charge is 0.507 e. The number of rotatable bonds is 3. The molecule has 0 saturated carbocycles. The van der Waals surface area contributed by atoms with Gasteiger partial charge in [-0.2, -0.15) is 0 Å². The summed E-state index contributed by atoms with van der Waals surface area (Å²) >= 11 is 0. The Hall–Kier alpha value is -2.34. The summed E-state index contributed by atoms with van der Waals surface area (Å²) in [6.45, 7) is 7.02. The predicted octanol–water partition coefficient (Wildman–Crippen LogP) is 2.38. The molecule has 38 heavy (non-hydrogen) atoms. The van der Waals surface area contributed by atoms with E-state index in [4.69, 9.17) is 18.9 Å². The highest BCUT2D eigenvalue weighted by atomic mass is 16.7. The minimum atomic E-state index is -2.00. The van der Waals surface area contributed by atoms with Crippen molar-refractivity contribution in [2.75, 3.05) is 0 Å². The van der Waals surface area contributed by atoms with Crippen LogP contribution in [0, 0.1) is 0 Å². The average Bonchev–Trinajstić information content (AvgIpc) is 2.87. The van der Waals surface area contributed by atoms with Gasteiger partial charge in [-0.05, 0) is 33.6 Å². The SMILES string of the molecule is CC[C@H]1Cc2c(O)c3c(c(O)c2[C@H](C)O1)C(=O)C1=C(C3=O)C2CC(O[C@H]3CC[C@H](O)[C@H](C)O3)C1(O)C(C)O2. The van der Waals surface area contributed by atoms with E-state index in [0.29, 0.717) is 31.2 Å². The molecule has 0 radical (unpaired) electrons. The first-order valence-electron chi connectivity index (χ1n) is 13.5. The first-order chi connectivity index (χ1) is 18.0. The van der Waals surface area contributed by atoms with Crippen LogP contribution < -0.4 is 0 Å². The van der Waals surface area contributed by atoms with Crippen molar-refractivity contribution in [3.63, 3.8) is 0 Å². The van der Waals surface area contributed by atoms with Crippen LogP contribution >= 0.6 is 0 Å². The lowest BCUT2D eigenvalue weighted by Crippen LogP contribution is -2.67. The molecular weight excluding hydrogens is 496 g/mol. The first kappa shape index (κ1) is 25.9. The van der Waals surface area contributed by atoms with Crippen molar-refractivity contribution in [3.8, 4) is 11.5 Å². The second kappa shape index (κ2) is 8.84. The van der Waals surface area contributed by atoms with Crippen LogP contribution in [0.15, 0.2) is 11.1 Å². The normalized spacial score (nSPS) is 40.2. The van der Waals surface area contributed by atoms with E-state index in [0.717, 1.165) is 0 Å². The number of fused-ring (bicyclic) bond motifs is 4. The van der Waals surface area contributed by atoms with E-state index in [1.807, 2.05) is 6.92 Å². The fraction of sp³-hybridized carbons (Fsp3) is 0.643. The van der Waals surface area contributed by atoms with Gasteiger partial charge in [0.2, 0.25) is 0 Å². The van der Waals surface area contributed by atoms with Crippen LogP contribution in [0.3, 0.4) is 0 Å². The zero-order valence-corrected chi connectivity index (χ0v) is 21.9. The van der Waals surface area contributed by atoms with Crippen LogP contribution in [0.5, 0.6) is 11.5 Å². The lowest BCUT2D eigenvalue weighted by molar-refractivity contribution is -0.291. The number of hydrogen-bond donors (Lipinski definition) is 4. The fourth-order valence-electron chi connectivity index (χ4n) is 6.93. The predicted molar refractivity (Wildman–Crippen MR) is 131 cm³/mol. The van der Waals surface area contributed by atoms with E-state index in [9.17, 15) is 30.0 Å². The third-order valence-electron chi connectivity index (χ3n) is 9.03. The third kappa shape index (κ3) is 3.41. The van der Waals surface area contributed by atoms with Crippen molar-refractivity contribution in [1.29, 1.82) is 0 Å². The Kier molecular flexibility index (Phi) is 6.03. The van der Waals surface area contributed by atoms with E-state index in [2.05, 4.69) is 0 Å².